The fourth-order valence-corrected chi connectivity index (χ4v) is 2.22. The molecule has 0 saturated heterocycles. The normalized spacial score (nSPS) is 23.6. The van der Waals surface area contributed by atoms with Crippen molar-refractivity contribution in [2.75, 3.05) is 6.54 Å². The highest BCUT2D eigenvalue weighted by Crippen LogP contribution is 2.24. The van der Waals surface area contributed by atoms with Crippen LogP contribution in [0.3, 0.4) is 0 Å². The number of carbonyl (C=O) groups excluding carboxylic acids is 1. The number of carbonyl (C=O) groups is 1. The molecule has 1 aliphatic rings. The predicted molar refractivity (Wildman–Crippen MR) is 62.5 cm³/mol. The Kier molecular flexibility index (Phi) is 3.53. The number of hydrogen-bond donors (Lipinski definition) is 3. The Morgan fingerprint density at radius 2 is 2.35 bits per heavy atom. The summed E-state index contributed by atoms with van der Waals surface area (Å²) in [7, 11) is 0. The maximum absolute atomic E-state index is 11.8. The molecule has 1 aliphatic carbocycles. The number of amides is 1. The molecular formula is C11H16N4O2. The summed E-state index contributed by atoms with van der Waals surface area (Å²) < 4.78 is 0. The first-order chi connectivity index (χ1) is 8.20. The van der Waals surface area contributed by atoms with Crippen molar-refractivity contribution in [2.24, 2.45) is 11.7 Å². The van der Waals surface area contributed by atoms with Crippen molar-refractivity contribution >= 4 is 5.91 Å². The van der Waals surface area contributed by atoms with Gasteiger partial charge in [-0.25, -0.2) is 5.10 Å². The van der Waals surface area contributed by atoms with Crippen molar-refractivity contribution < 1.29 is 4.79 Å². The summed E-state index contributed by atoms with van der Waals surface area (Å²) in [6.45, 7) is 0.587. The second-order valence-corrected chi connectivity index (χ2v) is 4.31. The Morgan fingerprint density at radius 3 is 3.00 bits per heavy atom. The first kappa shape index (κ1) is 11.8. The van der Waals surface area contributed by atoms with Gasteiger partial charge in [-0.1, -0.05) is 6.42 Å². The standard InChI is InChI=1S/C11H16N4O2/c12-6-7-2-1-3-8(7)13-11(17)9-4-5-10(16)15-14-9/h4-5,7-8H,1-3,6,12H2,(H,13,17)(H,15,16). The van der Waals surface area contributed by atoms with E-state index >= 15 is 0 Å². The Hall–Kier alpha value is -1.69. The van der Waals surface area contributed by atoms with Crippen LogP contribution in [0.4, 0.5) is 0 Å². The number of nitrogens with one attached hydrogen (secondary N) is 2. The van der Waals surface area contributed by atoms with Crippen LogP contribution in [0.5, 0.6) is 0 Å². The van der Waals surface area contributed by atoms with Crippen LogP contribution < -0.4 is 16.6 Å². The predicted octanol–water partition coefficient (Wildman–Crippen LogP) is -0.373. The molecule has 4 N–H and O–H groups in total. The van der Waals surface area contributed by atoms with E-state index in [2.05, 4.69) is 15.5 Å². The molecule has 0 radical (unpaired) electrons. The highest BCUT2D eigenvalue weighted by atomic mass is 16.2. The van der Waals surface area contributed by atoms with E-state index in [1.807, 2.05) is 0 Å². The van der Waals surface area contributed by atoms with E-state index in [1.54, 1.807) is 0 Å². The molecule has 1 saturated carbocycles. The Labute approximate surface area is 98.6 Å². The molecule has 2 atom stereocenters. The van der Waals surface area contributed by atoms with Gasteiger partial charge in [-0.05, 0) is 31.4 Å². The van der Waals surface area contributed by atoms with Gasteiger partial charge < -0.3 is 11.1 Å². The van der Waals surface area contributed by atoms with Crippen molar-refractivity contribution in [1.82, 2.24) is 15.5 Å². The molecule has 2 rings (SSSR count). The lowest BCUT2D eigenvalue weighted by atomic mass is 10.0. The van der Waals surface area contributed by atoms with E-state index in [1.165, 1.54) is 12.1 Å². The van der Waals surface area contributed by atoms with E-state index in [0.717, 1.165) is 19.3 Å². The minimum Gasteiger partial charge on any atom is -0.348 e. The molecule has 92 valence electrons. The van der Waals surface area contributed by atoms with Gasteiger partial charge in [-0.15, -0.1) is 0 Å². The van der Waals surface area contributed by atoms with Crippen molar-refractivity contribution in [1.29, 1.82) is 0 Å². The Morgan fingerprint density at radius 1 is 1.53 bits per heavy atom. The molecular weight excluding hydrogens is 220 g/mol. The minimum atomic E-state index is -0.317. The molecule has 1 aromatic rings. The number of hydrogen-bond acceptors (Lipinski definition) is 4. The van der Waals surface area contributed by atoms with Gasteiger partial charge in [0.1, 0.15) is 5.69 Å². The van der Waals surface area contributed by atoms with Crippen molar-refractivity contribution in [3.8, 4) is 0 Å². The monoisotopic (exact) mass is 236 g/mol. The molecule has 1 fully saturated rings. The molecule has 1 aromatic heterocycles. The smallest absolute Gasteiger partial charge is 0.271 e. The zero-order chi connectivity index (χ0) is 12.3. The van der Waals surface area contributed by atoms with E-state index in [4.69, 9.17) is 5.73 Å². The van der Waals surface area contributed by atoms with E-state index < -0.39 is 0 Å². The highest BCUT2D eigenvalue weighted by Gasteiger charge is 2.27. The largest absolute Gasteiger partial charge is 0.348 e. The minimum absolute atomic E-state index is 0.126. The summed E-state index contributed by atoms with van der Waals surface area (Å²) in [6.07, 6.45) is 3.10. The summed E-state index contributed by atoms with van der Waals surface area (Å²) in [5, 5.41) is 8.84. The van der Waals surface area contributed by atoms with Crippen LogP contribution in [-0.2, 0) is 0 Å². The zero-order valence-electron chi connectivity index (χ0n) is 9.48. The Bertz CT molecular complexity index is 437. The van der Waals surface area contributed by atoms with Crippen LogP contribution >= 0.6 is 0 Å². The van der Waals surface area contributed by atoms with Crippen molar-refractivity contribution in [2.45, 2.75) is 25.3 Å². The van der Waals surface area contributed by atoms with Crippen molar-refractivity contribution in [3.05, 3.63) is 28.2 Å². The molecule has 2 unspecified atom stereocenters. The molecule has 6 heteroatoms. The third-order valence-electron chi connectivity index (χ3n) is 3.19. The van der Waals surface area contributed by atoms with Crippen LogP contribution in [0, 0.1) is 5.92 Å². The third kappa shape index (κ3) is 2.71. The third-order valence-corrected chi connectivity index (χ3v) is 3.19. The van der Waals surface area contributed by atoms with Gasteiger partial charge in [-0.3, -0.25) is 9.59 Å². The summed E-state index contributed by atoms with van der Waals surface area (Å²) in [5.74, 6) is 0.0910. The fourth-order valence-electron chi connectivity index (χ4n) is 2.22. The van der Waals surface area contributed by atoms with Gasteiger partial charge in [0.25, 0.3) is 11.5 Å². The van der Waals surface area contributed by atoms with Crippen LogP contribution in [0.2, 0.25) is 0 Å². The molecule has 6 nitrogen and oxygen atoms in total. The van der Waals surface area contributed by atoms with Crippen molar-refractivity contribution in [3.63, 3.8) is 0 Å². The summed E-state index contributed by atoms with van der Waals surface area (Å²) in [6, 6.07) is 2.83. The van der Waals surface area contributed by atoms with Gasteiger partial charge in [0.15, 0.2) is 0 Å². The number of nitrogens with zero attached hydrogens (tertiary/aromatic N) is 1. The van der Waals surface area contributed by atoms with E-state index in [-0.39, 0.29) is 23.2 Å². The second-order valence-electron chi connectivity index (χ2n) is 4.31. The summed E-state index contributed by atoms with van der Waals surface area (Å²) in [4.78, 5) is 22.7. The summed E-state index contributed by atoms with van der Waals surface area (Å²) >= 11 is 0. The van der Waals surface area contributed by atoms with Crippen LogP contribution in [0.25, 0.3) is 0 Å². The lowest BCUT2D eigenvalue weighted by Crippen LogP contribution is -2.40. The van der Waals surface area contributed by atoms with Gasteiger partial charge in [0.2, 0.25) is 0 Å². The topological polar surface area (TPSA) is 101 Å². The average molecular weight is 236 g/mol. The second kappa shape index (κ2) is 5.09. The first-order valence-electron chi connectivity index (χ1n) is 5.77. The lowest BCUT2D eigenvalue weighted by Gasteiger charge is -2.18. The molecule has 1 heterocycles. The Balaban J connectivity index is 2.01. The SMILES string of the molecule is NCC1CCCC1NC(=O)c1ccc(=O)[nH]n1. The number of H-pyrrole nitrogens is 1. The van der Waals surface area contributed by atoms with Gasteiger partial charge in [-0.2, -0.15) is 5.10 Å². The quantitative estimate of drug-likeness (QED) is 0.666. The summed E-state index contributed by atoms with van der Waals surface area (Å²) in [5.41, 5.74) is 5.56. The van der Waals surface area contributed by atoms with Crippen LogP contribution in [0.15, 0.2) is 16.9 Å². The first-order valence-corrected chi connectivity index (χ1v) is 5.77. The molecule has 0 aliphatic heterocycles. The fraction of sp³-hybridized carbons (Fsp3) is 0.545. The highest BCUT2D eigenvalue weighted by molar-refractivity contribution is 5.92. The number of aromatic nitrogens is 2. The van der Waals surface area contributed by atoms with Gasteiger partial charge in [0.05, 0.1) is 0 Å². The number of aromatic amines is 1. The van der Waals surface area contributed by atoms with Gasteiger partial charge in [0, 0.05) is 12.1 Å². The number of nitrogens with two attached hydrogens (primary N) is 1. The lowest BCUT2D eigenvalue weighted by molar-refractivity contribution is 0.0922. The molecule has 17 heavy (non-hydrogen) atoms. The molecule has 0 aromatic carbocycles. The maximum Gasteiger partial charge on any atom is 0.271 e. The average Bonchev–Trinajstić information content (AvgIpc) is 2.77. The molecule has 1 amide bonds. The molecule has 0 spiro atoms. The van der Waals surface area contributed by atoms with Crippen LogP contribution in [0.1, 0.15) is 29.8 Å². The van der Waals surface area contributed by atoms with Crippen LogP contribution in [-0.4, -0.2) is 28.7 Å². The number of rotatable bonds is 3. The van der Waals surface area contributed by atoms with E-state index in [9.17, 15) is 9.59 Å². The van der Waals surface area contributed by atoms with Gasteiger partial charge >= 0.3 is 0 Å². The maximum atomic E-state index is 11.8. The van der Waals surface area contributed by atoms with E-state index in [0.29, 0.717) is 12.5 Å². The zero-order valence-corrected chi connectivity index (χ0v) is 9.48. The molecule has 0 bridgehead atoms.